The van der Waals surface area contributed by atoms with Crippen molar-refractivity contribution in [3.8, 4) is 0 Å². The normalized spacial score (nSPS) is 14.6. The van der Waals surface area contributed by atoms with Gasteiger partial charge in [-0.2, -0.15) is 0 Å². The van der Waals surface area contributed by atoms with Crippen LogP contribution in [0.2, 0.25) is 0 Å². The van der Waals surface area contributed by atoms with E-state index < -0.39 is 29.4 Å². The number of aromatic nitrogens is 2. The summed E-state index contributed by atoms with van der Waals surface area (Å²) in [6.45, 7) is 3.66. The van der Waals surface area contributed by atoms with Crippen LogP contribution in [0.3, 0.4) is 0 Å². The highest BCUT2D eigenvalue weighted by Crippen LogP contribution is 2.20. The second-order valence-corrected chi connectivity index (χ2v) is 10.8. The SMILES string of the molecule is CC(C)(N)C(=O)N[C@H](COCc1ccccc1)C(=O)Nc1cn(CC(=O)N2CCC[C@@H]2C(=O)Nc2ccccc2)cn1.Cl.Cl.O. The Balaban J connectivity index is 0.00000337. The summed E-state index contributed by atoms with van der Waals surface area (Å²) in [6, 6.07) is 16.9. The molecule has 1 aliphatic rings. The van der Waals surface area contributed by atoms with Gasteiger partial charge in [-0.05, 0) is 44.4 Å². The first-order chi connectivity index (χ1) is 20.1. The molecule has 4 rings (SSSR count). The summed E-state index contributed by atoms with van der Waals surface area (Å²) in [4.78, 5) is 57.4. The third-order valence-corrected chi connectivity index (χ3v) is 6.72. The van der Waals surface area contributed by atoms with E-state index in [1.807, 2.05) is 48.5 Å². The molecule has 2 atom stereocenters. The molecule has 13 nitrogen and oxygen atoms in total. The quantitative estimate of drug-likeness (QED) is 0.227. The molecule has 1 fully saturated rings. The Morgan fingerprint density at radius 1 is 1.02 bits per heavy atom. The summed E-state index contributed by atoms with van der Waals surface area (Å²) in [7, 11) is 0. The lowest BCUT2D eigenvalue weighted by Crippen LogP contribution is -2.56. The van der Waals surface area contributed by atoms with Crippen molar-refractivity contribution in [3.63, 3.8) is 0 Å². The number of likely N-dealkylation sites (tertiary alicyclic amines) is 1. The molecule has 0 spiro atoms. The highest BCUT2D eigenvalue weighted by Gasteiger charge is 2.34. The van der Waals surface area contributed by atoms with Crippen LogP contribution in [0.25, 0.3) is 0 Å². The topological polar surface area (TPSA) is 192 Å². The van der Waals surface area contributed by atoms with Gasteiger partial charge in [0, 0.05) is 18.4 Å². The molecular formula is C30H41Cl2N7O6. The lowest BCUT2D eigenvalue weighted by atomic mass is 10.1. The van der Waals surface area contributed by atoms with Crippen LogP contribution in [0.5, 0.6) is 0 Å². The van der Waals surface area contributed by atoms with Crippen molar-refractivity contribution in [1.29, 1.82) is 0 Å². The van der Waals surface area contributed by atoms with Crippen LogP contribution < -0.4 is 21.7 Å². The van der Waals surface area contributed by atoms with Crippen molar-refractivity contribution in [2.45, 2.75) is 57.5 Å². The van der Waals surface area contributed by atoms with E-state index in [4.69, 9.17) is 10.5 Å². The van der Waals surface area contributed by atoms with Crippen LogP contribution in [-0.4, -0.2) is 74.3 Å². The van der Waals surface area contributed by atoms with Gasteiger partial charge in [0.05, 0.1) is 25.1 Å². The van der Waals surface area contributed by atoms with Gasteiger partial charge in [0.2, 0.25) is 17.7 Å². The van der Waals surface area contributed by atoms with E-state index in [1.165, 1.54) is 30.9 Å². The Morgan fingerprint density at radius 3 is 2.31 bits per heavy atom. The molecule has 45 heavy (non-hydrogen) atoms. The number of hydrogen-bond donors (Lipinski definition) is 4. The number of para-hydroxylation sites is 1. The fourth-order valence-electron chi connectivity index (χ4n) is 4.45. The Kier molecular flexibility index (Phi) is 15.7. The van der Waals surface area contributed by atoms with E-state index in [-0.39, 0.29) is 67.7 Å². The second kappa shape index (κ2) is 18.1. The zero-order valence-corrected chi connectivity index (χ0v) is 26.7. The van der Waals surface area contributed by atoms with Gasteiger partial charge in [-0.3, -0.25) is 19.2 Å². The van der Waals surface area contributed by atoms with Gasteiger partial charge in [0.1, 0.15) is 18.6 Å². The molecule has 7 N–H and O–H groups in total. The number of anilines is 2. The second-order valence-electron chi connectivity index (χ2n) is 10.8. The third-order valence-electron chi connectivity index (χ3n) is 6.72. The first kappa shape index (κ1) is 39.0. The molecular weight excluding hydrogens is 625 g/mol. The fourth-order valence-corrected chi connectivity index (χ4v) is 4.45. The largest absolute Gasteiger partial charge is 0.412 e. The van der Waals surface area contributed by atoms with Crippen molar-refractivity contribution in [2.75, 3.05) is 23.8 Å². The molecule has 1 aromatic heterocycles. The average molecular weight is 667 g/mol. The van der Waals surface area contributed by atoms with Crippen LogP contribution in [0.4, 0.5) is 11.5 Å². The molecule has 1 saturated heterocycles. The van der Waals surface area contributed by atoms with Crippen molar-refractivity contribution < 1.29 is 29.4 Å². The van der Waals surface area contributed by atoms with Gasteiger partial charge in [-0.25, -0.2) is 4.98 Å². The summed E-state index contributed by atoms with van der Waals surface area (Å²) in [5.41, 5.74) is 6.30. The Bertz CT molecular complexity index is 1390. The summed E-state index contributed by atoms with van der Waals surface area (Å²) in [6.07, 6.45) is 4.24. The van der Waals surface area contributed by atoms with Gasteiger partial charge >= 0.3 is 0 Å². The minimum absolute atomic E-state index is 0. The molecule has 0 aliphatic carbocycles. The highest BCUT2D eigenvalue weighted by molar-refractivity contribution is 5.98. The molecule has 0 saturated carbocycles. The maximum atomic E-state index is 13.1. The lowest BCUT2D eigenvalue weighted by molar-refractivity contribution is -0.137. The molecule has 1 aliphatic heterocycles. The molecule has 15 heteroatoms. The average Bonchev–Trinajstić information content (AvgIpc) is 3.63. The van der Waals surface area contributed by atoms with E-state index >= 15 is 0 Å². The maximum absolute atomic E-state index is 13.1. The monoisotopic (exact) mass is 665 g/mol. The standard InChI is InChI=1S/C30H37N7O5.2ClH.H2O/c1-30(2,31)29(41)34-23(19-42-18-21-10-5-3-6-11-21)27(39)35-25-16-36(20-32-25)17-26(38)37-15-9-14-24(37)28(40)33-22-12-7-4-8-13-22;;;/h3-8,10-13,16,20,23-24H,9,14-15,17-19,31H2,1-2H3,(H,33,40)(H,34,41)(H,35,39);2*1H;1H2/t23-,24-;;;/m1.../s1. The van der Waals surface area contributed by atoms with Gasteiger partial charge < -0.3 is 41.4 Å². The van der Waals surface area contributed by atoms with Gasteiger partial charge in [-0.15, -0.1) is 24.8 Å². The van der Waals surface area contributed by atoms with Crippen LogP contribution >= 0.6 is 24.8 Å². The number of nitrogens with zero attached hydrogens (tertiary/aromatic N) is 3. The van der Waals surface area contributed by atoms with Crippen molar-refractivity contribution in [1.82, 2.24) is 19.8 Å². The maximum Gasteiger partial charge on any atom is 0.250 e. The number of halogens is 2. The van der Waals surface area contributed by atoms with Crippen LogP contribution in [-0.2, 0) is 37.1 Å². The molecule has 2 heterocycles. The highest BCUT2D eigenvalue weighted by atomic mass is 35.5. The van der Waals surface area contributed by atoms with Crippen molar-refractivity contribution >= 4 is 59.9 Å². The number of ether oxygens (including phenoxy) is 1. The van der Waals surface area contributed by atoms with Crippen LogP contribution in [0.1, 0.15) is 32.3 Å². The number of nitrogens with one attached hydrogen (secondary N) is 3. The van der Waals surface area contributed by atoms with E-state index in [0.717, 1.165) is 12.0 Å². The summed E-state index contributed by atoms with van der Waals surface area (Å²) < 4.78 is 7.24. The zero-order chi connectivity index (χ0) is 30.1. The molecule has 3 aromatic rings. The molecule has 4 amide bonds. The van der Waals surface area contributed by atoms with E-state index in [0.29, 0.717) is 18.7 Å². The first-order valence-electron chi connectivity index (χ1n) is 13.8. The molecule has 246 valence electrons. The summed E-state index contributed by atoms with van der Waals surface area (Å²) >= 11 is 0. The molecule has 0 unspecified atom stereocenters. The number of nitrogens with two attached hydrogens (primary N) is 1. The summed E-state index contributed by atoms with van der Waals surface area (Å²) in [5.74, 6) is -1.33. The number of benzene rings is 2. The molecule has 2 aromatic carbocycles. The number of carbonyl (C=O) groups excluding carboxylic acids is 4. The number of rotatable bonds is 12. The number of carbonyl (C=O) groups is 4. The Hall–Kier alpha value is -4.01. The van der Waals surface area contributed by atoms with Gasteiger partial charge in [0.15, 0.2) is 5.82 Å². The minimum Gasteiger partial charge on any atom is -0.412 e. The smallest absolute Gasteiger partial charge is 0.250 e. The first-order valence-corrected chi connectivity index (χ1v) is 13.8. The van der Waals surface area contributed by atoms with Gasteiger partial charge in [-0.1, -0.05) is 48.5 Å². The van der Waals surface area contributed by atoms with Crippen LogP contribution in [0, 0.1) is 0 Å². The lowest BCUT2D eigenvalue weighted by Gasteiger charge is -2.24. The molecule has 0 radical (unpaired) electrons. The van der Waals surface area contributed by atoms with Gasteiger partial charge in [0.25, 0.3) is 5.91 Å². The number of hydrogen-bond acceptors (Lipinski definition) is 7. The predicted molar refractivity (Wildman–Crippen MR) is 175 cm³/mol. The minimum atomic E-state index is -1.20. The number of imidazole rings is 1. The van der Waals surface area contributed by atoms with E-state index in [9.17, 15) is 19.2 Å². The van der Waals surface area contributed by atoms with E-state index in [1.54, 1.807) is 17.0 Å². The predicted octanol–water partition coefficient (Wildman–Crippen LogP) is 1.91. The Labute approximate surface area is 274 Å². The van der Waals surface area contributed by atoms with Crippen LogP contribution in [0.15, 0.2) is 73.2 Å². The third kappa shape index (κ3) is 11.5. The summed E-state index contributed by atoms with van der Waals surface area (Å²) in [5, 5.41) is 8.18. The zero-order valence-electron chi connectivity index (χ0n) is 25.1. The van der Waals surface area contributed by atoms with E-state index in [2.05, 4.69) is 20.9 Å². The van der Waals surface area contributed by atoms with Crippen molar-refractivity contribution in [3.05, 3.63) is 78.8 Å². The fraction of sp³-hybridized carbons (Fsp3) is 0.367. The van der Waals surface area contributed by atoms with Crippen molar-refractivity contribution in [2.24, 2.45) is 5.73 Å². The number of amides is 4. The Morgan fingerprint density at radius 2 is 1.67 bits per heavy atom. The molecule has 0 bridgehead atoms.